The van der Waals surface area contributed by atoms with Crippen molar-refractivity contribution >= 4 is 17.7 Å². The Balaban J connectivity index is 2.84. The zero-order valence-corrected chi connectivity index (χ0v) is 10.0. The molecular formula is C11H17N3OS. The summed E-state index contributed by atoms with van der Waals surface area (Å²) in [6.45, 7) is 2.52. The summed E-state index contributed by atoms with van der Waals surface area (Å²) in [5.74, 6) is 4.99. The maximum Gasteiger partial charge on any atom is 0.251 e. The van der Waals surface area contributed by atoms with Crippen LogP contribution in [0.15, 0.2) is 30.3 Å². The highest BCUT2D eigenvalue weighted by Crippen LogP contribution is 2.31. The Bertz CT molecular complexity index is 331. The molecule has 4 nitrogen and oxygen atoms in total. The van der Waals surface area contributed by atoms with Gasteiger partial charge in [-0.15, -0.1) is 11.8 Å². The molecule has 5 N–H and O–H groups in total. The van der Waals surface area contributed by atoms with Crippen molar-refractivity contribution in [2.75, 3.05) is 6.54 Å². The molecule has 0 aliphatic heterocycles. The molecule has 0 heterocycles. The van der Waals surface area contributed by atoms with Crippen molar-refractivity contribution in [2.45, 2.75) is 17.4 Å². The second kappa shape index (κ2) is 6.52. The van der Waals surface area contributed by atoms with E-state index in [0.29, 0.717) is 6.54 Å². The van der Waals surface area contributed by atoms with Crippen LogP contribution in [0.25, 0.3) is 0 Å². The van der Waals surface area contributed by atoms with Crippen LogP contribution >= 0.6 is 11.8 Å². The minimum atomic E-state index is -0.301. The molecule has 0 radical (unpaired) electrons. The topological polar surface area (TPSA) is 81.1 Å². The van der Waals surface area contributed by atoms with Gasteiger partial charge in [-0.3, -0.25) is 10.2 Å². The molecule has 2 atom stereocenters. The van der Waals surface area contributed by atoms with E-state index in [0.717, 1.165) is 5.56 Å². The number of carbonyl (C=O) groups excluding carboxylic acids is 1. The standard InChI is InChI=1S/C11H17N3OS/c1-8(7-12)16-10(11(15)14-13)9-5-3-2-4-6-9/h2-6,8,10H,7,12-13H2,1H3,(H,14,15). The van der Waals surface area contributed by atoms with Crippen LogP contribution in [0, 0.1) is 0 Å². The highest BCUT2D eigenvalue weighted by Gasteiger charge is 2.22. The first-order valence-corrected chi connectivity index (χ1v) is 6.04. The van der Waals surface area contributed by atoms with Gasteiger partial charge in [0.15, 0.2) is 0 Å². The Morgan fingerprint density at radius 2 is 2.06 bits per heavy atom. The van der Waals surface area contributed by atoms with Crippen LogP contribution in [0.4, 0.5) is 0 Å². The second-order valence-electron chi connectivity index (χ2n) is 3.48. The molecule has 0 aliphatic carbocycles. The molecule has 0 aliphatic rings. The minimum Gasteiger partial charge on any atom is -0.329 e. The van der Waals surface area contributed by atoms with Crippen LogP contribution in [0.3, 0.4) is 0 Å². The van der Waals surface area contributed by atoms with Gasteiger partial charge in [0.25, 0.3) is 5.91 Å². The molecule has 1 aromatic carbocycles. The summed E-state index contributed by atoms with van der Waals surface area (Å²) in [4.78, 5) is 11.7. The van der Waals surface area contributed by atoms with Gasteiger partial charge in [-0.1, -0.05) is 37.3 Å². The molecule has 2 unspecified atom stereocenters. The van der Waals surface area contributed by atoms with Crippen molar-refractivity contribution in [3.8, 4) is 0 Å². The second-order valence-corrected chi connectivity index (χ2v) is 5.03. The molecule has 5 heteroatoms. The summed E-state index contributed by atoms with van der Waals surface area (Å²) in [6.07, 6.45) is 0. The van der Waals surface area contributed by atoms with E-state index in [9.17, 15) is 4.79 Å². The van der Waals surface area contributed by atoms with E-state index in [1.807, 2.05) is 37.3 Å². The van der Waals surface area contributed by atoms with Crippen molar-refractivity contribution < 1.29 is 4.79 Å². The lowest BCUT2D eigenvalue weighted by atomic mass is 10.1. The first-order chi connectivity index (χ1) is 7.69. The number of hydrazine groups is 1. The number of thioether (sulfide) groups is 1. The summed E-state index contributed by atoms with van der Waals surface area (Å²) in [6, 6.07) is 9.55. The van der Waals surface area contributed by atoms with Gasteiger partial charge < -0.3 is 5.73 Å². The molecule has 0 saturated carbocycles. The Kier molecular flexibility index (Phi) is 5.31. The number of nitrogens with two attached hydrogens (primary N) is 2. The Morgan fingerprint density at radius 1 is 1.44 bits per heavy atom. The largest absolute Gasteiger partial charge is 0.329 e. The van der Waals surface area contributed by atoms with Crippen LogP contribution < -0.4 is 17.0 Å². The molecule has 88 valence electrons. The van der Waals surface area contributed by atoms with E-state index in [1.165, 1.54) is 11.8 Å². The third-order valence-corrected chi connectivity index (χ3v) is 3.60. The number of rotatable bonds is 5. The fourth-order valence-electron chi connectivity index (χ4n) is 1.28. The van der Waals surface area contributed by atoms with Gasteiger partial charge in [-0.2, -0.15) is 0 Å². The van der Waals surface area contributed by atoms with Crippen LogP contribution in [0.5, 0.6) is 0 Å². The quantitative estimate of drug-likeness (QED) is 0.403. The van der Waals surface area contributed by atoms with E-state index >= 15 is 0 Å². The normalized spacial score (nSPS) is 14.2. The van der Waals surface area contributed by atoms with Crippen molar-refractivity contribution in [3.63, 3.8) is 0 Å². The number of benzene rings is 1. The van der Waals surface area contributed by atoms with Gasteiger partial charge in [0.1, 0.15) is 5.25 Å². The average molecular weight is 239 g/mol. The smallest absolute Gasteiger partial charge is 0.251 e. The zero-order chi connectivity index (χ0) is 12.0. The molecular weight excluding hydrogens is 222 g/mol. The first kappa shape index (κ1) is 13.0. The average Bonchev–Trinajstić information content (AvgIpc) is 2.35. The lowest BCUT2D eigenvalue weighted by Gasteiger charge is -2.18. The van der Waals surface area contributed by atoms with Crippen LogP contribution in [0.1, 0.15) is 17.7 Å². The lowest BCUT2D eigenvalue weighted by molar-refractivity contribution is -0.120. The summed E-state index contributed by atoms with van der Waals surface area (Å²) < 4.78 is 0. The fraction of sp³-hybridized carbons (Fsp3) is 0.364. The molecule has 0 aromatic heterocycles. The van der Waals surface area contributed by atoms with Crippen molar-refractivity contribution in [1.82, 2.24) is 5.43 Å². The Morgan fingerprint density at radius 3 is 2.56 bits per heavy atom. The highest BCUT2D eigenvalue weighted by atomic mass is 32.2. The van der Waals surface area contributed by atoms with E-state index in [1.54, 1.807) is 0 Å². The summed E-state index contributed by atoms with van der Waals surface area (Å²) >= 11 is 1.51. The summed E-state index contributed by atoms with van der Waals surface area (Å²) in [5.41, 5.74) is 8.69. The van der Waals surface area contributed by atoms with Gasteiger partial charge in [0, 0.05) is 11.8 Å². The van der Waals surface area contributed by atoms with Gasteiger partial charge in [0.05, 0.1) is 0 Å². The van der Waals surface area contributed by atoms with Gasteiger partial charge in [0.2, 0.25) is 0 Å². The molecule has 1 rings (SSSR count). The molecule has 16 heavy (non-hydrogen) atoms. The van der Waals surface area contributed by atoms with Crippen LogP contribution in [-0.2, 0) is 4.79 Å². The zero-order valence-electron chi connectivity index (χ0n) is 9.22. The van der Waals surface area contributed by atoms with Crippen molar-refractivity contribution in [3.05, 3.63) is 35.9 Å². The maximum atomic E-state index is 11.7. The monoisotopic (exact) mass is 239 g/mol. The Labute approximate surface area is 99.7 Å². The number of hydrogen-bond donors (Lipinski definition) is 3. The van der Waals surface area contributed by atoms with E-state index < -0.39 is 0 Å². The van der Waals surface area contributed by atoms with E-state index in [4.69, 9.17) is 11.6 Å². The molecule has 1 amide bonds. The maximum absolute atomic E-state index is 11.7. The van der Waals surface area contributed by atoms with Crippen LogP contribution in [0.2, 0.25) is 0 Å². The molecule has 0 saturated heterocycles. The van der Waals surface area contributed by atoms with Gasteiger partial charge >= 0.3 is 0 Å². The number of nitrogens with one attached hydrogen (secondary N) is 1. The Hall–Kier alpha value is -1.04. The van der Waals surface area contributed by atoms with Crippen molar-refractivity contribution in [2.24, 2.45) is 11.6 Å². The fourth-order valence-corrected chi connectivity index (χ4v) is 2.36. The van der Waals surface area contributed by atoms with Gasteiger partial charge in [-0.05, 0) is 5.56 Å². The predicted molar refractivity (Wildman–Crippen MR) is 67.6 cm³/mol. The lowest BCUT2D eigenvalue weighted by Crippen LogP contribution is -2.34. The van der Waals surface area contributed by atoms with E-state index in [2.05, 4.69) is 5.43 Å². The number of carbonyl (C=O) groups is 1. The predicted octanol–water partition coefficient (Wildman–Crippen LogP) is 0.798. The number of hydrogen-bond acceptors (Lipinski definition) is 4. The van der Waals surface area contributed by atoms with Gasteiger partial charge in [-0.25, -0.2) is 5.84 Å². The van der Waals surface area contributed by atoms with E-state index in [-0.39, 0.29) is 16.4 Å². The SMILES string of the molecule is CC(CN)SC(C(=O)NN)c1ccccc1. The first-order valence-electron chi connectivity index (χ1n) is 5.10. The summed E-state index contributed by atoms with van der Waals surface area (Å²) in [7, 11) is 0. The third-order valence-electron chi connectivity index (χ3n) is 2.18. The molecule has 1 aromatic rings. The van der Waals surface area contributed by atoms with Crippen molar-refractivity contribution in [1.29, 1.82) is 0 Å². The molecule has 0 fully saturated rings. The minimum absolute atomic E-state index is 0.198. The molecule has 0 spiro atoms. The van der Waals surface area contributed by atoms with Crippen LogP contribution in [-0.4, -0.2) is 17.7 Å². The molecule has 0 bridgehead atoms. The third kappa shape index (κ3) is 3.52. The summed E-state index contributed by atoms with van der Waals surface area (Å²) in [5, 5.41) is -0.0905. The highest BCUT2D eigenvalue weighted by molar-refractivity contribution is 8.00. The number of amides is 1.